The molecule has 0 saturated heterocycles. The predicted molar refractivity (Wildman–Crippen MR) is 102 cm³/mol. The molecule has 140 valence electrons. The highest BCUT2D eigenvalue weighted by Crippen LogP contribution is 2.22. The van der Waals surface area contributed by atoms with Gasteiger partial charge in [0.1, 0.15) is 5.75 Å². The lowest BCUT2D eigenvalue weighted by molar-refractivity contribution is -0.127. The summed E-state index contributed by atoms with van der Waals surface area (Å²) in [5.74, 6) is 0.461. The molecule has 0 bridgehead atoms. The normalized spacial score (nSPS) is 13.7. The number of carbonyl (C=O) groups excluding carboxylic acids is 1. The van der Waals surface area contributed by atoms with Crippen LogP contribution in [0.5, 0.6) is 5.75 Å². The average Bonchev–Trinajstić information content (AvgIpc) is 2.58. The first-order valence-corrected chi connectivity index (χ1v) is 10.3. The molecule has 0 heterocycles. The second-order valence-electron chi connectivity index (χ2n) is 6.53. The van der Waals surface area contributed by atoms with Crippen LogP contribution in [0.15, 0.2) is 47.4 Å². The minimum atomic E-state index is -3.23. The summed E-state index contributed by atoms with van der Waals surface area (Å²) in [7, 11) is -3.23. The molecule has 2 aromatic carbocycles. The van der Waals surface area contributed by atoms with Crippen molar-refractivity contribution in [3.8, 4) is 5.75 Å². The van der Waals surface area contributed by atoms with Crippen LogP contribution in [0.25, 0.3) is 0 Å². The van der Waals surface area contributed by atoms with Gasteiger partial charge in [0.2, 0.25) is 0 Å². The van der Waals surface area contributed by atoms with Crippen LogP contribution < -0.4 is 10.1 Å². The van der Waals surface area contributed by atoms with Crippen molar-refractivity contribution < 1.29 is 17.9 Å². The van der Waals surface area contributed by atoms with Gasteiger partial charge in [0.15, 0.2) is 15.9 Å². The maximum absolute atomic E-state index is 12.4. The average molecular weight is 375 g/mol. The van der Waals surface area contributed by atoms with Gasteiger partial charge in [0.25, 0.3) is 5.91 Å². The third kappa shape index (κ3) is 4.85. The molecule has 0 aliphatic rings. The van der Waals surface area contributed by atoms with Gasteiger partial charge in [-0.25, -0.2) is 8.42 Å². The number of carbonyl (C=O) groups is 1. The van der Waals surface area contributed by atoms with Gasteiger partial charge in [-0.05, 0) is 62.6 Å². The van der Waals surface area contributed by atoms with Gasteiger partial charge in [-0.3, -0.25) is 4.79 Å². The number of rotatable bonds is 6. The Morgan fingerprint density at radius 2 is 1.65 bits per heavy atom. The Morgan fingerprint density at radius 1 is 1.04 bits per heavy atom. The topological polar surface area (TPSA) is 72.5 Å². The molecular formula is C20H25NO4S. The second-order valence-corrected chi connectivity index (χ2v) is 8.55. The zero-order chi connectivity index (χ0) is 19.5. The minimum Gasteiger partial charge on any atom is -0.481 e. The summed E-state index contributed by atoms with van der Waals surface area (Å²) in [6, 6.07) is 12.0. The van der Waals surface area contributed by atoms with E-state index in [-0.39, 0.29) is 16.8 Å². The van der Waals surface area contributed by atoms with E-state index < -0.39 is 15.9 Å². The number of nitrogens with one attached hydrogen (secondary N) is 1. The molecule has 0 aliphatic carbocycles. The SMILES string of the molecule is Cc1cccc(O[C@@H](C)C(=O)N[C@@H](C)c2ccc(S(C)(=O)=O)cc2)c1C. The Morgan fingerprint density at radius 3 is 2.23 bits per heavy atom. The molecule has 0 fully saturated rings. The number of hydrogen-bond donors (Lipinski definition) is 1. The summed E-state index contributed by atoms with van der Waals surface area (Å²) in [5, 5.41) is 2.90. The lowest BCUT2D eigenvalue weighted by atomic mass is 10.1. The van der Waals surface area contributed by atoms with Crippen molar-refractivity contribution in [1.82, 2.24) is 5.32 Å². The van der Waals surface area contributed by atoms with Crippen LogP contribution in [0.1, 0.15) is 36.6 Å². The van der Waals surface area contributed by atoms with Gasteiger partial charge in [-0.15, -0.1) is 0 Å². The Balaban J connectivity index is 2.03. The Hall–Kier alpha value is -2.34. The van der Waals surface area contributed by atoms with Crippen molar-refractivity contribution in [3.05, 3.63) is 59.2 Å². The van der Waals surface area contributed by atoms with Crippen LogP contribution in [0.2, 0.25) is 0 Å². The fourth-order valence-electron chi connectivity index (χ4n) is 2.51. The maximum Gasteiger partial charge on any atom is 0.261 e. The molecule has 26 heavy (non-hydrogen) atoms. The summed E-state index contributed by atoms with van der Waals surface area (Å²) < 4.78 is 28.8. The molecule has 0 unspecified atom stereocenters. The van der Waals surface area contributed by atoms with Gasteiger partial charge in [0, 0.05) is 6.26 Å². The van der Waals surface area contributed by atoms with Gasteiger partial charge < -0.3 is 10.1 Å². The monoisotopic (exact) mass is 375 g/mol. The van der Waals surface area contributed by atoms with Crippen molar-refractivity contribution in [2.45, 2.75) is 44.7 Å². The number of benzene rings is 2. The molecule has 1 N–H and O–H groups in total. The van der Waals surface area contributed by atoms with Gasteiger partial charge in [-0.2, -0.15) is 0 Å². The molecule has 5 nitrogen and oxygen atoms in total. The van der Waals surface area contributed by atoms with Crippen molar-refractivity contribution in [2.24, 2.45) is 0 Å². The lowest BCUT2D eigenvalue weighted by Crippen LogP contribution is -2.37. The standard InChI is InChI=1S/C20H25NO4S/c1-13-7-6-8-19(14(13)2)25-16(4)20(22)21-15(3)17-9-11-18(12-10-17)26(5,23)24/h6-12,15-16H,1-5H3,(H,21,22)/t15-,16-/m0/s1. The molecular weight excluding hydrogens is 350 g/mol. The number of ether oxygens (including phenoxy) is 1. The quantitative estimate of drug-likeness (QED) is 0.840. The Bertz CT molecular complexity index is 889. The number of sulfone groups is 1. The van der Waals surface area contributed by atoms with E-state index in [0.717, 1.165) is 16.7 Å². The summed E-state index contributed by atoms with van der Waals surface area (Å²) >= 11 is 0. The van der Waals surface area contributed by atoms with Crippen LogP contribution in [0.4, 0.5) is 0 Å². The molecule has 0 spiro atoms. The largest absolute Gasteiger partial charge is 0.481 e. The van der Waals surface area contributed by atoms with E-state index >= 15 is 0 Å². The van der Waals surface area contributed by atoms with Crippen molar-refractivity contribution in [3.63, 3.8) is 0 Å². The highest BCUT2D eigenvalue weighted by molar-refractivity contribution is 7.90. The lowest BCUT2D eigenvalue weighted by Gasteiger charge is -2.20. The minimum absolute atomic E-state index is 0.231. The fraction of sp³-hybridized carbons (Fsp3) is 0.350. The van der Waals surface area contributed by atoms with Crippen LogP contribution in [0.3, 0.4) is 0 Å². The van der Waals surface area contributed by atoms with Crippen molar-refractivity contribution in [1.29, 1.82) is 0 Å². The second kappa shape index (κ2) is 7.91. The molecule has 1 amide bonds. The van der Waals surface area contributed by atoms with Gasteiger partial charge in [-0.1, -0.05) is 24.3 Å². The van der Waals surface area contributed by atoms with Crippen LogP contribution >= 0.6 is 0 Å². The smallest absolute Gasteiger partial charge is 0.261 e. The molecule has 0 radical (unpaired) electrons. The molecule has 0 saturated carbocycles. The van der Waals surface area contributed by atoms with Crippen LogP contribution in [-0.4, -0.2) is 26.7 Å². The molecule has 2 aromatic rings. The van der Waals surface area contributed by atoms with Crippen molar-refractivity contribution >= 4 is 15.7 Å². The Labute approximate surface area is 155 Å². The van der Waals surface area contributed by atoms with E-state index in [1.54, 1.807) is 31.2 Å². The van der Waals surface area contributed by atoms with Crippen LogP contribution in [-0.2, 0) is 14.6 Å². The highest BCUT2D eigenvalue weighted by atomic mass is 32.2. The first kappa shape index (κ1) is 20.0. The number of aryl methyl sites for hydroxylation is 1. The maximum atomic E-state index is 12.4. The van der Waals surface area contributed by atoms with Crippen LogP contribution in [0, 0.1) is 13.8 Å². The first-order chi connectivity index (χ1) is 12.1. The highest BCUT2D eigenvalue weighted by Gasteiger charge is 2.19. The molecule has 0 aromatic heterocycles. The molecule has 0 aliphatic heterocycles. The van der Waals surface area contributed by atoms with E-state index in [4.69, 9.17) is 4.74 Å². The molecule has 6 heteroatoms. The Kier molecular flexibility index (Phi) is 6.08. The summed E-state index contributed by atoms with van der Waals surface area (Å²) in [5.41, 5.74) is 2.94. The fourth-order valence-corrected chi connectivity index (χ4v) is 3.14. The summed E-state index contributed by atoms with van der Waals surface area (Å²) in [4.78, 5) is 12.7. The summed E-state index contributed by atoms with van der Waals surface area (Å²) in [6.07, 6.45) is 0.521. The zero-order valence-corrected chi connectivity index (χ0v) is 16.6. The van der Waals surface area contributed by atoms with E-state index in [1.807, 2.05) is 39.0 Å². The van der Waals surface area contributed by atoms with Crippen molar-refractivity contribution in [2.75, 3.05) is 6.26 Å². The van der Waals surface area contributed by atoms with E-state index in [1.165, 1.54) is 6.26 Å². The third-order valence-corrected chi connectivity index (χ3v) is 5.52. The van der Waals surface area contributed by atoms with Gasteiger partial charge in [0.05, 0.1) is 10.9 Å². The number of amides is 1. The number of hydrogen-bond acceptors (Lipinski definition) is 4. The zero-order valence-electron chi connectivity index (χ0n) is 15.7. The molecule has 2 atom stereocenters. The third-order valence-electron chi connectivity index (χ3n) is 4.39. The summed E-state index contributed by atoms with van der Waals surface area (Å²) in [6.45, 7) is 7.50. The predicted octanol–water partition coefficient (Wildman–Crippen LogP) is 3.35. The first-order valence-electron chi connectivity index (χ1n) is 8.43. The van der Waals surface area contributed by atoms with E-state index in [2.05, 4.69) is 5.32 Å². The van der Waals surface area contributed by atoms with E-state index in [9.17, 15) is 13.2 Å². The molecule has 2 rings (SSSR count). The van der Waals surface area contributed by atoms with E-state index in [0.29, 0.717) is 5.75 Å². The van der Waals surface area contributed by atoms with Gasteiger partial charge >= 0.3 is 0 Å².